The molecule has 0 saturated carbocycles. The largest absolute Gasteiger partial charge is 0.398 e. The molecule has 1 amide bonds. The van der Waals surface area contributed by atoms with Crippen LogP contribution in [0.3, 0.4) is 0 Å². The van der Waals surface area contributed by atoms with E-state index in [1.165, 1.54) is 0 Å². The Kier molecular flexibility index (Phi) is 3.33. The number of hydrogen-bond donors (Lipinski definition) is 2. The number of ether oxygens (including phenoxy) is 1. The van der Waals surface area contributed by atoms with Gasteiger partial charge in [-0.1, -0.05) is 6.07 Å². The number of rotatable bonds is 2. The molecule has 4 nitrogen and oxygen atoms in total. The van der Waals surface area contributed by atoms with Crippen molar-refractivity contribution in [1.82, 2.24) is 0 Å². The van der Waals surface area contributed by atoms with E-state index in [-0.39, 0.29) is 17.9 Å². The average Bonchev–Trinajstić information content (AvgIpc) is 2.71. The highest BCUT2D eigenvalue weighted by Crippen LogP contribution is 2.25. The molecule has 0 aliphatic carbocycles. The third kappa shape index (κ3) is 2.42. The van der Waals surface area contributed by atoms with E-state index in [1.54, 1.807) is 0 Å². The van der Waals surface area contributed by atoms with Crippen molar-refractivity contribution < 1.29 is 9.53 Å². The summed E-state index contributed by atoms with van der Waals surface area (Å²) in [4.78, 5) is 12.1. The van der Waals surface area contributed by atoms with Gasteiger partial charge < -0.3 is 15.8 Å². The molecule has 2 rings (SSSR count). The first-order chi connectivity index (χ1) is 8.09. The summed E-state index contributed by atoms with van der Waals surface area (Å²) in [5, 5.41) is 2.92. The lowest BCUT2D eigenvalue weighted by molar-refractivity contribution is -0.121. The standard InChI is InChI=1S/C13H18N2O2/c1-8-11(14)4-3-5-12(8)15-13(16)10-6-7-17-9(10)2/h3-5,9-10H,6-7,14H2,1-2H3,(H,15,16). The van der Waals surface area contributed by atoms with Gasteiger partial charge in [0.25, 0.3) is 0 Å². The van der Waals surface area contributed by atoms with E-state index >= 15 is 0 Å². The van der Waals surface area contributed by atoms with E-state index in [0.717, 1.165) is 17.7 Å². The molecular weight excluding hydrogens is 216 g/mol. The number of nitrogen functional groups attached to an aromatic ring is 1. The minimum absolute atomic E-state index is 0.00337. The number of anilines is 2. The lowest BCUT2D eigenvalue weighted by atomic mass is 10.0. The van der Waals surface area contributed by atoms with Crippen molar-refractivity contribution in [3.63, 3.8) is 0 Å². The molecular formula is C13H18N2O2. The highest BCUT2D eigenvalue weighted by atomic mass is 16.5. The van der Waals surface area contributed by atoms with Gasteiger partial charge in [0.1, 0.15) is 0 Å². The molecule has 4 heteroatoms. The first kappa shape index (κ1) is 11.9. The Labute approximate surface area is 101 Å². The Bertz CT molecular complexity index is 431. The summed E-state index contributed by atoms with van der Waals surface area (Å²) in [6.45, 7) is 4.50. The molecule has 1 aromatic rings. The highest BCUT2D eigenvalue weighted by molar-refractivity contribution is 5.94. The van der Waals surface area contributed by atoms with Crippen LogP contribution >= 0.6 is 0 Å². The number of amides is 1. The van der Waals surface area contributed by atoms with Crippen LogP contribution in [0.4, 0.5) is 11.4 Å². The first-order valence-corrected chi connectivity index (χ1v) is 5.87. The van der Waals surface area contributed by atoms with E-state index in [9.17, 15) is 4.79 Å². The molecule has 1 heterocycles. The summed E-state index contributed by atoms with van der Waals surface area (Å²) in [6.07, 6.45) is 0.783. The van der Waals surface area contributed by atoms with Crippen LogP contribution in [0.5, 0.6) is 0 Å². The normalized spacial score (nSPS) is 23.6. The number of nitrogens with one attached hydrogen (secondary N) is 1. The van der Waals surface area contributed by atoms with Crippen molar-refractivity contribution in [3.05, 3.63) is 23.8 Å². The molecule has 1 saturated heterocycles. The average molecular weight is 234 g/mol. The van der Waals surface area contributed by atoms with Crippen LogP contribution in [-0.2, 0) is 9.53 Å². The molecule has 0 radical (unpaired) electrons. The summed E-state index contributed by atoms with van der Waals surface area (Å²) in [5.74, 6) is -0.0421. The first-order valence-electron chi connectivity index (χ1n) is 5.87. The van der Waals surface area contributed by atoms with Crippen molar-refractivity contribution in [3.8, 4) is 0 Å². The topological polar surface area (TPSA) is 64.3 Å². The molecule has 1 aliphatic heterocycles. The van der Waals surface area contributed by atoms with Crippen molar-refractivity contribution in [2.45, 2.75) is 26.4 Å². The molecule has 92 valence electrons. The maximum Gasteiger partial charge on any atom is 0.230 e. The van der Waals surface area contributed by atoms with Gasteiger partial charge in [-0.2, -0.15) is 0 Å². The third-order valence-corrected chi connectivity index (χ3v) is 3.35. The van der Waals surface area contributed by atoms with Gasteiger partial charge in [0.15, 0.2) is 0 Å². The predicted octanol–water partition coefficient (Wildman–Crippen LogP) is 1.94. The fraction of sp³-hybridized carbons (Fsp3) is 0.462. The second-order valence-corrected chi connectivity index (χ2v) is 4.48. The molecule has 0 spiro atoms. The zero-order valence-corrected chi connectivity index (χ0v) is 10.2. The molecule has 1 aromatic carbocycles. The SMILES string of the molecule is Cc1c(N)cccc1NC(=O)C1CCOC1C. The van der Waals surface area contributed by atoms with Gasteiger partial charge in [0.05, 0.1) is 12.0 Å². The molecule has 1 fully saturated rings. The van der Waals surface area contributed by atoms with Crippen LogP contribution in [0.1, 0.15) is 18.9 Å². The monoisotopic (exact) mass is 234 g/mol. The second-order valence-electron chi connectivity index (χ2n) is 4.48. The fourth-order valence-electron chi connectivity index (χ4n) is 2.09. The van der Waals surface area contributed by atoms with Gasteiger partial charge in [0, 0.05) is 18.0 Å². The van der Waals surface area contributed by atoms with Gasteiger partial charge >= 0.3 is 0 Å². The summed E-state index contributed by atoms with van der Waals surface area (Å²) in [6, 6.07) is 5.53. The number of carbonyl (C=O) groups excluding carboxylic acids is 1. The zero-order chi connectivity index (χ0) is 12.4. The maximum absolute atomic E-state index is 12.1. The van der Waals surface area contributed by atoms with Crippen molar-refractivity contribution in [2.24, 2.45) is 5.92 Å². The van der Waals surface area contributed by atoms with Gasteiger partial charge in [-0.3, -0.25) is 4.79 Å². The third-order valence-electron chi connectivity index (χ3n) is 3.35. The van der Waals surface area contributed by atoms with E-state index < -0.39 is 0 Å². The van der Waals surface area contributed by atoms with Crippen LogP contribution in [0.15, 0.2) is 18.2 Å². The predicted molar refractivity (Wildman–Crippen MR) is 67.7 cm³/mol. The Morgan fingerprint density at radius 3 is 2.94 bits per heavy atom. The summed E-state index contributed by atoms with van der Waals surface area (Å²) < 4.78 is 5.39. The van der Waals surface area contributed by atoms with Gasteiger partial charge in [-0.15, -0.1) is 0 Å². The maximum atomic E-state index is 12.1. The van der Waals surface area contributed by atoms with Gasteiger partial charge in [-0.05, 0) is 38.0 Å². The second kappa shape index (κ2) is 4.75. The summed E-state index contributed by atoms with van der Waals surface area (Å²) in [5.41, 5.74) is 8.19. The number of hydrogen-bond acceptors (Lipinski definition) is 3. The van der Waals surface area contributed by atoms with Crippen LogP contribution < -0.4 is 11.1 Å². The number of carbonyl (C=O) groups is 1. The molecule has 3 N–H and O–H groups in total. The quantitative estimate of drug-likeness (QED) is 0.769. The number of benzene rings is 1. The Hall–Kier alpha value is -1.55. The lowest BCUT2D eigenvalue weighted by Crippen LogP contribution is -2.28. The summed E-state index contributed by atoms with van der Waals surface area (Å²) in [7, 11) is 0. The Morgan fingerprint density at radius 1 is 1.53 bits per heavy atom. The van der Waals surface area contributed by atoms with E-state index in [1.807, 2.05) is 32.0 Å². The van der Waals surface area contributed by atoms with Crippen molar-refractivity contribution in [2.75, 3.05) is 17.7 Å². The van der Waals surface area contributed by atoms with E-state index in [2.05, 4.69) is 5.32 Å². The summed E-state index contributed by atoms with van der Waals surface area (Å²) >= 11 is 0. The molecule has 17 heavy (non-hydrogen) atoms. The van der Waals surface area contributed by atoms with Crippen LogP contribution in [0, 0.1) is 12.8 Å². The van der Waals surface area contributed by atoms with Crippen LogP contribution in [-0.4, -0.2) is 18.6 Å². The number of nitrogens with two attached hydrogens (primary N) is 1. The molecule has 0 bridgehead atoms. The van der Waals surface area contributed by atoms with Crippen molar-refractivity contribution in [1.29, 1.82) is 0 Å². The van der Waals surface area contributed by atoms with E-state index in [0.29, 0.717) is 12.3 Å². The van der Waals surface area contributed by atoms with E-state index in [4.69, 9.17) is 10.5 Å². The fourth-order valence-corrected chi connectivity index (χ4v) is 2.09. The van der Waals surface area contributed by atoms with Gasteiger partial charge in [-0.25, -0.2) is 0 Å². The molecule has 2 unspecified atom stereocenters. The smallest absolute Gasteiger partial charge is 0.230 e. The minimum atomic E-state index is -0.0594. The lowest BCUT2D eigenvalue weighted by Gasteiger charge is -2.15. The molecule has 1 aliphatic rings. The Balaban J connectivity index is 2.10. The van der Waals surface area contributed by atoms with Crippen molar-refractivity contribution >= 4 is 17.3 Å². The molecule has 2 atom stereocenters. The van der Waals surface area contributed by atoms with Gasteiger partial charge in [0.2, 0.25) is 5.91 Å². The highest BCUT2D eigenvalue weighted by Gasteiger charge is 2.30. The molecule has 0 aromatic heterocycles. The van der Waals surface area contributed by atoms with Crippen LogP contribution in [0.25, 0.3) is 0 Å². The zero-order valence-electron chi connectivity index (χ0n) is 10.2. The Morgan fingerprint density at radius 2 is 2.29 bits per heavy atom. The minimum Gasteiger partial charge on any atom is -0.398 e. The van der Waals surface area contributed by atoms with Crippen LogP contribution in [0.2, 0.25) is 0 Å².